The molecule has 0 aliphatic carbocycles. The Morgan fingerprint density at radius 2 is 1.33 bits per heavy atom. The first-order chi connectivity index (χ1) is 12.3. The predicted octanol–water partition coefficient (Wildman–Crippen LogP) is 5.62. The summed E-state index contributed by atoms with van der Waals surface area (Å²) in [5.41, 5.74) is -2.25. The van der Waals surface area contributed by atoms with E-state index in [9.17, 15) is 35.5 Å². The lowest BCUT2D eigenvalue weighted by atomic mass is 9.96. The van der Waals surface area contributed by atoms with Gasteiger partial charge in [-0.15, -0.1) is 0 Å². The fraction of sp³-hybridized carbons (Fsp3) is 0.278. The van der Waals surface area contributed by atoms with E-state index in [1.54, 1.807) is 31.3 Å². The van der Waals surface area contributed by atoms with Crippen molar-refractivity contribution in [1.29, 1.82) is 0 Å². The van der Waals surface area contributed by atoms with Crippen LogP contribution in [0.4, 0.5) is 36.4 Å². The van der Waals surface area contributed by atoms with Gasteiger partial charge >= 0.3 is 6.18 Å². The number of anilines is 1. The standard InChI is InChI=1S/C18H14F7NO/c1-7-4-8(2)6-10(5-7)9(3)17(27)26-16-14(21)12(19)11(18(23,24)25)13(20)15(16)22/h4-6,9H,1-3H3,(H,26,27). The second-order valence-electron chi connectivity index (χ2n) is 6.14. The number of carbonyl (C=O) groups is 1. The van der Waals surface area contributed by atoms with Crippen molar-refractivity contribution in [1.82, 2.24) is 0 Å². The number of hydrogen-bond donors (Lipinski definition) is 1. The first-order valence-corrected chi connectivity index (χ1v) is 7.66. The molecule has 27 heavy (non-hydrogen) atoms. The molecule has 1 N–H and O–H groups in total. The Morgan fingerprint density at radius 3 is 1.74 bits per heavy atom. The molecular weight excluding hydrogens is 379 g/mol. The van der Waals surface area contributed by atoms with Crippen LogP contribution < -0.4 is 5.32 Å². The number of benzene rings is 2. The molecule has 0 radical (unpaired) electrons. The topological polar surface area (TPSA) is 29.1 Å². The first kappa shape index (κ1) is 20.7. The first-order valence-electron chi connectivity index (χ1n) is 7.66. The smallest absolute Gasteiger partial charge is 0.320 e. The molecule has 1 unspecified atom stereocenters. The van der Waals surface area contributed by atoms with Gasteiger partial charge in [-0.25, -0.2) is 17.6 Å². The van der Waals surface area contributed by atoms with Crippen molar-refractivity contribution in [2.45, 2.75) is 32.9 Å². The largest absolute Gasteiger partial charge is 0.422 e. The maximum absolute atomic E-state index is 13.9. The van der Waals surface area contributed by atoms with Crippen molar-refractivity contribution in [3.05, 3.63) is 63.7 Å². The van der Waals surface area contributed by atoms with Crippen LogP contribution in [-0.2, 0) is 11.0 Å². The number of alkyl halides is 3. The van der Waals surface area contributed by atoms with Gasteiger partial charge in [0.15, 0.2) is 23.3 Å². The minimum atomic E-state index is -5.65. The summed E-state index contributed by atoms with van der Waals surface area (Å²) in [5, 5.41) is 1.64. The van der Waals surface area contributed by atoms with E-state index in [-0.39, 0.29) is 0 Å². The minimum Gasteiger partial charge on any atom is -0.320 e. The van der Waals surface area contributed by atoms with Crippen molar-refractivity contribution >= 4 is 11.6 Å². The van der Waals surface area contributed by atoms with Crippen LogP contribution in [-0.4, -0.2) is 5.91 Å². The third-order valence-electron chi connectivity index (χ3n) is 3.93. The molecule has 0 heterocycles. The van der Waals surface area contributed by atoms with Gasteiger partial charge in [-0.05, 0) is 26.3 Å². The van der Waals surface area contributed by atoms with E-state index in [2.05, 4.69) is 0 Å². The minimum absolute atomic E-state index is 0.457. The SMILES string of the molecule is Cc1cc(C)cc(C(C)C(=O)Nc2c(F)c(F)c(C(F)(F)F)c(F)c2F)c1. The Balaban J connectivity index is 2.44. The molecule has 0 saturated heterocycles. The van der Waals surface area contributed by atoms with E-state index in [1.165, 1.54) is 6.92 Å². The zero-order valence-electron chi connectivity index (χ0n) is 14.4. The Labute approximate surface area is 150 Å². The highest BCUT2D eigenvalue weighted by Gasteiger charge is 2.42. The molecule has 2 nitrogen and oxygen atoms in total. The zero-order valence-corrected chi connectivity index (χ0v) is 14.4. The number of aryl methyl sites for hydroxylation is 2. The van der Waals surface area contributed by atoms with Crippen LogP contribution in [0.3, 0.4) is 0 Å². The van der Waals surface area contributed by atoms with E-state index in [4.69, 9.17) is 0 Å². The Kier molecular flexibility index (Phi) is 5.53. The van der Waals surface area contributed by atoms with Crippen molar-refractivity contribution in [2.75, 3.05) is 5.32 Å². The molecule has 2 aromatic carbocycles. The van der Waals surface area contributed by atoms with Crippen LogP contribution in [0.1, 0.15) is 35.1 Å². The molecule has 2 aromatic rings. The van der Waals surface area contributed by atoms with Crippen LogP contribution in [0.15, 0.2) is 18.2 Å². The van der Waals surface area contributed by atoms with E-state index in [1.807, 2.05) is 6.07 Å². The fourth-order valence-electron chi connectivity index (χ4n) is 2.63. The van der Waals surface area contributed by atoms with Crippen molar-refractivity contribution in [2.24, 2.45) is 0 Å². The average molecular weight is 393 g/mol. The van der Waals surface area contributed by atoms with Gasteiger partial charge in [-0.1, -0.05) is 29.3 Å². The number of nitrogens with one attached hydrogen (secondary N) is 1. The van der Waals surface area contributed by atoms with E-state index in [0.717, 1.165) is 11.1 Å². The van der Waals surface area contributed by atoms with Crippen LogP contribution in [0, 0.1) is 37.1 Å². The Morgan fingerprint density at radius 1 is 0.889 bits per heavy atom. The summed E-state index contributed by atoms with van der Waals surface area (Å²) in [4.78, 5) is 12.2. The second-order valence-corrected chi connectivity index (χ2v) is 6.14. The summed E-state index contributed by atoms with van der Waals surface area (Å²) in [6, 6.07) is 5.06. The summed E-state index contributed by atoms with van der Waals surface area (Å²) < 4.78 is 92.8. The van der Waals surface area contributed by atoms with Gasteiger partial charge in [0.2, 0.25) is 5.91 Å². The van der Waals surface area contributed by atoms with Crippen molar-refractivity contribution in [3.8, 4) is 0 Å². The number of rotatable bonds is 3. The molecule has 0 fully saturated rings. The molecule has 0 bridgehead atoms. The molecule has 9 heteroatoms. The van der Waals surface area contributed by atoms with Gasteiger partial charge in [0, 0.05) is 0 Å². The van der Waals surface area contributed by atoms with Gasteiger partial charge in [-0.2, -0.15) is 13.2 Å². The van der Waals surface area contributed by atoms with Gasteiger partial charge in [0.05, 0.1) is 5.92 Å². The van der Waals surface area contributed by atoms with Crippen LogP contribution in [0.25, 0.3) is 0 Å². The maximum Gasteiger partial charge on any atom is 0.422 e. The van der Waals surface area contributed by atoms with E-state index in [0.29, 0.717) is 5.56 Å². The summed E-state index contributed by atoms with van der Waals surface area (Å²) in [7, 11) is 0. The predicted molar refractivity (Wildman–Crippen MR) is 84.2 cm³/mol. The molecule has 146 valence electrons. The van der Waals surface area contributed by atoms with Crippen LogP contribution >= 0.6 is 0 Å². The molecule has 0 saturated carbocycles. The highest BCUT2D eigenvalue weighted by Crippen LogP contribution is 2.38. The lowest BCUT2D eigenvalue weighted by molar-refractivity contribution is -0.143. The summed E-state index contributed by atoms with van der Waals surface area (Å²) in [6.07, 6.45) is -5.65. The number of amides is 1. The second kappa shape index (κ2) is 7.21. The van der Waals surface area contributed by atoms with Crippen molar-refractivity contribution < 1.29 is 35.5 Å². The Hall–Kier alpha value is -2.58. The lowest BCUT2D eigenvalue weighted by Gasteiger charge is -2.17. The fourth-order valence-corrected chi connectivity index (χ4v) is 2.63. The molecule has 0 spiro atoms. The zero-order chi connectivity index (χ0) is 20.7. The molecule has 1 amide bonds. The molecule has 1 atom stereocenters. The molecular formula is C18H14F7NO. The number of hydrogen-bond acceptors (Lipinski definition) is 1. The monoisotopic (exact) mass is 393 g/mol. The van der Waals surface area contributed by atoms with Gasteiger partial charge in [-0.3, -0.25) is 4.79 Å². The highest BCUT2D eigenvalue weighted by molar-refractivity contribution is 5.96. The third kappa shape index (κ3) is 4.06. The van der Waals surface area contributed by atoms with Gasteiger partial charge in [0.1, 0.15) is 11.3 Å². The summed E-state index contributed by atoms with van der Waals surface area (Å²) in [5.74, 6) is -12.0. The Bertz CT molecular complexity index is 856. The average Bonchev–Trinajstić information content (AvgIpc) is 2.54. The maximum atomic E-state index is 13.9. The molecule has 2 rings (SSSR count). The molecule has 0 aliphatic rings. The summed E-state index contributed by atoms with van der Waals surface area (Å²) >= 11 is 0. The molecule has 0 aliphatic heterocycles. The summed E-state index contributed by atoms with van der Waals surface area (Å²) in [6.45, 7) is 4.87. The number of carbonyl (C=O) groups excluding carboxylic acids is 1. The quantitative estimate of drug-likeness (QED) is 0.532. The van der Waals surface area contributed by atoms with Gasteiger partial charge < -0.3 is 5.32 Å². The number of halogens is 7. The van der Waals surface area contributed by atoms with Crippen LogP contribution in [0.2, 0.25) is 0 Å². The molecule has 0 aromatic heterocycles. The lowest BCUT2D eigenvalue weighted by Crippen LogP contribution is -2.23. The van der Waals surface area contributed by atoms with Crippen LogP contribution in [0.5, 0.6) is 0 Å². The van der Waals surface area contributed by atoms with Gasteiger partial charge in [0.25, 0.3) is 0 Å². The van der Waals surface area contributed by atoms with Crippen molar-refractivity contribution in [3.63, 3.8) is 0 Å². The highest BCUT2D eigenvalue weighted by atomic mass is 19.4. The third-order valence-corrected chi connectivity index (χ3v) is 3.93. The van der Waals surface area contributed by atoms with E-state index < -0.39 is 52.5 Å². The normalized spacial score (nSPS) is 12.8. The van der Waals surface area contributed by atoms with E-state index >= 15 is 0 Å².